The van der Waals surface area contributed by atoms with E-state index >= 15 is 0 Å². The Morgan fingerprint density at radius 1 is 1.28 bits per heavy atom. The van der Waals surface area contributed by atoms with Crippen LogP contribution in [0, 0.1) is 0 Å². The minimum Gasteiger partial charge on any atom is -0.396 e. The quantitative estimate of drug-likeness (QED) is 0.572. The van der Waals surface area contributed by atoms with Crippen LogP contribution in [0.4, 0.5) is 0 Å². The lowest BCUT2D eigenvalue weighted by molar-refractivity contribution is 0.296. The Morgan fingerprint density at radius 2 is 2.17 bits per heavy atom. The highest BCUT2D eigenvalue weighted by atomic mass is 32.2. The average Bonchev–Trinajstić information content (AvgIpc) is 2.82. The molecule has 3 rings (SSSR count). The Bertz CT molecular complexity index is 682. The fourth-order valence-electron chi connectivity index (χ4n) is 1.75. The number of hydrogen-bond acceptors (Lipinski definition) is 5. The zero-order chi connectivity index (χ0) is 12.4. The first-order valence-electron chi connectivity index (χ1n) is 5.72. The van der Waals surface area contributed by atoms with Crippen molar-refractivity contribution in [3.05, 3.63) is 30.6 Å². The number of aromatic nitrogens is 4. The van der Waals surface area contributed by atoms with Gasteiger partial charge in [-0.3, -0.25) is 0 Å². The van der Waals surface area contributed by atoms with Gasteiger partial charge in [-0.15, -0.1) is 5.10 Å². The summed E-state index contributed by atoms with van der Waals surface area (Å²) in [4.78, 5) is 8.84. The summed E-state index contributed by atoms with van der Waals surface area (Å²) < 4.78 is 1.70. The van der Waals surface area contributed by atoms with E-state index in [4.69, 9.17) is 5.11 Å². The first kappa shape index (κ1) is 11.4. The minimum atomic E-state index is 0.199. The predicted molar refractivity (Wildman–Crippen MR) is 70.7 cm³/mol. The number of aliphatic hydroxyl groups excluding tert-OH is 1. The van der Waals surface area contributed by atoms with Gasteiger partial charge in [0.05, 0.1) is 5.52 Å². The number of aliphatic hydroxyl groups is 1. The van der Waals surface area contributed by atoms with E-state index in [1.165, 1.54) is 0 Å². The van der Waals surface area contributed by atoms with Crippen LogP contribution in [0.1, 0.15) is 6.42 Å². The van der Waals surface area contributed by atoms with Crippen molar-refractivity contribution in [2.24, 2.45) is 0 Å². The van der Waals surface area contributed by atoms with Gasteiger partial charge in [0.15, 0.2) is 5.65 Å². The molecule has 0 bridgehead atoms. The van der Waals surface area contributed by atoms with E-state index < -0.39 is 0 Å². The van der Waals surface area contributed by atoms with Crippen molar-refractivity contribution in [3.8, 4) is 0 Å². The highest BCUT2D eigenvalue weighted by Gasteiger charge is 2.07. The zero-order valence-corrected chi connectivity index (χ0v) is 10.5. The van der Waals surface area contributed by atoms with E-state index in [1.54, 1.807) is 22.6 Å². The van der Waals surface area contributed by atoms with Gasteiger partial charge in [0.25, 0.3) is 0 Å². The zero-order valence-electron chi connectivity index (χ0n) is 9.65. The van der Waals surface area contributed by atoms with Crippen LogP contribution in [0.5, 0.6) is 0 Å². The van der Waals surface area contributed by atoms with Gasteiger partial charge in [0.2, 0.25) is 5.16 Å². The minimum absolute atomic E-state index is 0.199. The van der Waals surface area contributed by atoms with Crippen molar-refractivity contribution >= 4 is 28.3 Å². The van der Waals surface area contributed by atoms with Crippen LogP contribution in [0.25, 0.3) is 16.6 Å². The average molecular weight is 260 g/mol. The molecule has 2 heterocycles. The molecular formula is C12H12N4OS. The molecule has 0 unspecified atom stereocenters. The van der Waals surface area contributed by atoms with Gasteiger partial charge in [0, 0.05) is 17.7 Å². The summed E-state index contributed by atoms with van der Waals surface area (Å²) in [5.74, 6) is 0.818. The number of rotatable bonds is 4. The summed E-state index contributed by atoms with van der Waals surface area (Å²) in [7, 11) is 0. The van der Waals surface area contributed by atoms with Crippen LogP contribution in [-0.4, -0.2) is 37.0 Å². The van der Waals surface area contributed by atoms with Gasteiger partial charge in [-0.05, 0) is 18.6 Å². The first-order valence-corrected chi connectivity index (χ1v) is 6.71. The third-order valence-electron chi connectivity index (χ3n) is 2.60. The third-order valence-corrected chi connectivity index (χ3v) is 3.52. The molecule has 0 radical (unpaired) electrons. The largest absolute Gasteiger partial charge is 0.396 e. The summed E-state index contributed by atoms with van der Waals surface area (Å²) in [5, 5.41) is 14.8. The van der Waals surface area contributed by atoms with Crippen LogP contribution < -0.4 is 0 Å². The van der Waals surface area contributed by atoms with E-state index in [0.29, 0.717) is 0 Å². The van der Waals surface area contributed by atoms with Gasteiger partial charge >= 0.3 is 0 Å². The maximum atomic E-state index is 8.76. The standard InChI is InChI=1S/C12H12N4OS/c17-6-3-7-18-12-14-11-9-4-1-2-5-10(9)13-8-16(11)15-12/h1-2,4-5,8,17H,3,6-7H2. The molecule has 1 N–H and O–H groups in total. The molecule has 0 spiro atoms. The maximum Gasteiger partial charge on any atom is 0.209 e. The summed E-state index contributed by atoms with van der Waals surface area (Å²) in [6.07, 6.45) is 2.43. The fraction of sp³-hybridized carbons (Fsp3) is 0.250. The Morgan fingerprint density at radius 3 is 3.06 bits per heavy atom. The van der Waals surface area contributed by atoms with Crippen molar-refractivity contribution in [1.29, 1.82) is 0 Å². The highest BCUT2D eigenvalue weighted by molar-refractivity contribution is 7.99. The molecule has 0 aliphatic heterocycles. The van der Waals surface area contributed by atoms with Crippen molar-refractivity contribution < 1.29 is 5.11 Å². The third kappa shape index (κ3) is 2.04. The van der Waals surface area contributed by atoms with Gasteiger partial charge in [-0.25, -0.2) is 14.5 Å². The number of para-hydroxylation sites is 1. The van der Waals surface area contributed by atoms with Gasteiger partial charge in [-0.2, -0.15) is 0 Å². The SMILES string of the molecule is OCCCSc1nc2c3ccccc3ncn2n1. The Kier molecular flexibility index (Phi) is 3.12. The maximum absolute atomic E-state index is 8.76. The van der Waals surface area contributed by atoms with Crippen LogP contribution in [0.3, 0.4) is 0 Å². The molecule has 92 valence electrons. The van der Waals surface area contributed by atoms with Crippen LogP contribution >= 0.6 is 11.8 Å². The Labute approximate surface area is 108 Å². The lowest BCUT2D eigenvalue weighted by Crippen LogP contribution is -1.90. The summed E-state index contributed by atoms with van der Waals surface area (Å²) in [6, 6.07) is 7.88. The van der Waals surface area contributed by atoms with E-state index in [2.05, 4.69) is 15.1 Å². The second kappa shape index (κ2) is 4.91. The van der Waals surface area contributed by atoms with E-state index in [0.717, 1.165) is 33.9 Å². The molecule has 2 aromatic heterocycles. The molecule has 0 aliphatic carbocycles. The normalized spacial score (nSPS) is 11.4. The number of benzene rings is 1. The number of fused-ring (bicyclic) bond motifs is 3. The van der Waals surface area contributed by atoms with Crippen LogP contribution in [0.2, 0.25) is 0 Å². The van der Waals surface area contributed by atoms with Crippen molar-refractivity contribution in [1.82, 2.24) is 19.6 Å². The molecule has 6 heteroatoms. The predicted octanol–water partition coefficient (Wildman–Crippen LogP) is 1.75. The first-order chi connectivity index (χ1) is 8.88. The van der Waals surface area contributed by atoms with Crippen molar-refractivity contribution in [2.75, 3.05) is 12.4 Å². The van der Waals surface area contributed by atoms with Crippen molar-refractivity contribution in [2.45, 2.75) is 11.6 Å². The van der Waals surface area contributed by atoms with Crippen LogP contribution in [0.15, 0.2) is 35.7 Å². The molecule has 18 heavy (non-hydrogen) atoms. The molecule has 0 saturated carbocycles. The molecule has 5 nitrogen and oxygen atoms in total. The molecule has 0 fully saturated rings. The van der Waals surface area contributed by atoms with Gasteiger partial charge in [-0.1, -0.05) is 23.9 Å². The second-order valence-electron chi connectivity index (χ2n) is 3.85. The van der Waals surface area contributed by atoms with E-state index in [9.17, 15) is 0 Å². The molecule has 0 aliphatic rings. The molecule has 0 atom stereocenters. The molecule has 0 amide bonds. The lowest BCUT2D eigenvalue weighted by atomic mass is 10.2. The lowest BCUT2D eigenvalue weighted by Gasteiger charge is -1.96. The molecule has 3 aromatic rings. The summed E-state index contributed by atoms with van der Waals surface area (Å²) in [5.41, 5.74) is 1.75. The van der Waals surface area contributed by atoms with Crippen LogP contribution in [-0.2, 0) is 0 Å². The number of thioether (sulfide) groups is 1. The summed E-state index contributed by atoms with van der Waals surface area (Å²) >= 11 is 1.55. The van der Waals surface area contributed by atoms with E-state index in [-0.39, 0.29) is 6.61 Å². The van der Waals surface area contributed by atoms with Gasteiger partial charge in [0.1, 0.15) is 6.33 Å². The van der Waals surface area contributed by atoms with Crippen molar-refractivity contribution in [3.63, 3.8) is 0 Å². The fourth-order valence-corrected chi connectivity index (χ4v) is 2.50. The number of nitrogens with zero attached hydrogens (tertiary/aromatic N) is 4. The monoisotopic (exact) mass is 260 g/mol. The molecule has 0 saturated heterocycles. The Hall–Kier alpha value is -1.66. The second-order valence-corrected chi connectivity index (χ2v) is 4.91. The number of hydrogen-bond donors (Lipinski definition) is 1. The summed E-state index contributed by atoms with van der Waals surface area (Å²) in [6.45, 7) is 0.199. The molecular weight excluding hydrogens is 248 g/mol. The highest BCUT2D eigenvalue weighted by Crippen LogP contribution is 2.20. The molecule has 1 aromatic carbocycles. The Balaban J connectivity index is 2.03. The topological polar surface area (TPSA) is 63.3 Å². The van der Waals surface area contributed by atoms with E-state index in [1.807, 2.05) is 24.3 Å². The van der Waals surface area contributed by atoms with Gasteiger partial charge < -0.3 is 5.11 Å². The smallest absolute Gasteiger partial charge is 0.209 e.